The van der Waals surface area contributed by atoms with Crippen molar-refractivity contribution < 1.29 is 14.0 Å². The largest absolute Gasteiger partial charge is 0.324 e. The van der Waals surface area contributed by atoms with Gasteiger partial charge in [-0.1, -0.05) is 24.3 Å². The smallest absolute Gasteiger partial charge is 0.321 e. The van der Waals surface area contributed by atoms with Crippen molar-refractivity contribution in [3.63, 3.8) is 0 Å². The van der Waals surface area contributed by atoms with Gasteiger partial charge in [-0.3, -0.25) is 4.79 Å². The van der Waals surface area contributed by atoms with Crippen LogP contribution in [0, 0.1) is 11.7 Å². The van der Waals surface area contributed by atoms with Gasteiger partial charge in [-0.15, -0.1) is 12.4 Å². The predicted octanol–water partition coefficient (Wildman–Crippen LogP) is 3.78. The van der Waals surface area contributed by atoms with Gasteiger partial charge >= 0.3 is 6.03 Å². The van der Waals surface area contributed by atoms with Crippen molar-refractivity contribution in [3.8, 4) is 0 Å². The van der Waals surface area contributed by atoms with E-state index < -0.39 is 0 Å². The second kappa shape index (κ2) is 9.91. The Kier molecular flexibility index (Phi) is 7.29. The minimum Gasteiger partial charge on any atom is -0.324 e. The zero-order chi connectivity index (χ0) is 20.2. The number of carbonyl (C=O) groups is 2. The van der Waals surface area contributed by atoms with Gasteiger partial charge in [0.1, 0.15) is 5.82 Å². The molecule has 0 aliphatic carbocycles. The number of hydrogen-bond donors (Lipinski definition) is 3. The van der Waals surface area contributed by atoms with Crippen LogP contribution >= 0.6 is 12.4 Å². The molecule has 2 aliphatic heterocycles. The van der Waals surface area contributed by atoms with Crippen LogP contribution in [0.5, 0.6) is 0 Å². The van der Waals surface area contributed by atoms with Crippen LogP contribution in [0.25, 0.3) is 0 Å². The Morgan fingerprint density at radius 3 is 2.50 bits per heavy atom. The van der Waals surface area contributed by atoms with Gasteiger partial charge in [-0.25, -0.2) is 9.18 Å². The van der Waals surface area contributed by atoms with Gasteiger partial charge in [0.05, 0.1) is 5.69 Å². The minimum atomic E-state index is -0.322. The van der Waals surface area contributed by atoms with Crippen LogP contribution in [0.4, 0.5) is 20.6 Å². The normalized spacial score (nSPS) is 16.2. The number of anilines is 2. The maximum absolute atomic E-state index is 14.8. The molecule has 2 aromatic carbocycles. The molecule has 2 aromatic rings. The number of nitrogens with one attached hydrogen (secondary N) is 3. The molecule has 0 unspecified atom stereocenters. The fourth-order valence-electron chi connectivity index (χ4n) is 3.93. The first kappa shape index (κ1) is 22.1. The Labute approximate surface area is 181 Å². The van der Waals surface area contributed by atoms with Gasteiger partial charge in [-0.05, 0) is 55.1 Å². The molecule has 6 nitrogen and oxygen atoms in total. The monoisotopic (exact) mass is 432 g/mol. The predicted molar refractivity (Wildman–Crippen MR) is 117 cm³/mol. The van der Waals surface area contributed by atoms with Gasteiger partial charge < -0.3 is 20.9 Å². The minimum absolute atomic E-state index is 0. The van der Waals surface area contributed by atoms with Crippen LogP contribution in [-0.4, -0.2) is 36.5 Å². The van der Waals surface area contributed by atoms with Crippen LogP contribution in [-0.2, 0) is 17.8 Å². The van der Waals surface area contributed by atoms with Crippen molar-refractivity contribution in [1.82, 2.24) is 10.2 Å². The summed E-state index contributed by atoms with van der Waals surface area (Å²) in [7, 11) is 0. The van der Waals surface area contributed by atoms with Crippen molar-refractivity contribution in [2.45, 2.75) is 25.8 Å². The van der Waals surface area contributed by atoms with E-state index in [0.29, 0.717) is 44.5 Å². The summed E-state index contributed by atoms with van der Waals surface area (Å²) in [6, 6.07) is 12.6. The van der Waals surface area contributed by atoms with Crippen molar-refractivity contribution in [3.05, 3.63) is 59.4 Å². The van der Waals surface area contributed by atoms with Crippen molar-refractivity contribution in [2.24, 2.45) is 5.92 Å². The van der Waals surface area contributed by atoms with E-state index in [1.807, 2.05) is 36.4 Å². The number of urea groups is 1. The molecule has 2 heterocycles. The fraction of sp³-hybridized carbons (Fsp3) is 0.364. The number of carbonyl (C=O) groups excluding carboxylic acids is 2. The molecule has 1 fully saturated rings. The van der Waals surface area contributed by atoms with E-state index >= 15 is 0 Å². The number of benzene rings is 2. The highest BCUT2D eigenvalue weighted by Crippen LogP contribution is 2.26. The van der Waals surface area contributed by atoms with Crippen molar-refractivity contribution >= 4 is 35.7 Å². The van der Waals surface area contributed by atoms with Gasteiger partial charge in [0, 0.05) is 31.2 Å². The molecule has 1 saturated heterocycles. The number of nitrogens with zero attached hydrogens (tertiary/aromatic N) is 1. The molecule has 0 radical (unpaired) electrons. The highest BCUT2D eigenvalue weighted by Gasteiger charge is 2.28. The maximum Gasteiger partial charge on any atom is 0.321 e. The number of amides is 3. The zero-order valence-corrected chi connectivity index (χ0v) is 17.4. The fourth-order valence-corrected chi connectivity index (χ4v) is 3.93. The first-order chi connectivity index (χ1) is 14.1. The topological polar surface area (TPSA) is 73.5 Å². The molecule has 0 atom stereocenters. The summed E-state index contributed by atoms with van der Waals surface area (Å²) in [4.78, 5) is 26.7. The number of piperidine rings is 1. The lowest BCUT2D eigenvalue weighted by Crippen LogP contribution is -2.43. The van der Waals surface area contributed by atoms with E-state index in [9.17, 15) is 14.0 Å². The van der Waals surface area contributed by atoms with Crippen LogP contribution in [0.1, 0.15) is 24.0 Å². The van der Waals surface area contributed by atoms with Crippen molar-refractivity contribution in [2.75, 3.05) is 30.3 Å². The molecule has 0 saturated carbocycles. The molecule has 160 valence electrons. The molecule has 8 heteroatoms. The lowest BCUT2D eigenvalue weighted by molar-refractivity contribution is -0.121. The van der Waals surface area contributed by atoms with Gasteiger partial charge in [0.2, 0.25) is 5.91 Å². The molecule has 0 spiro atoms. The number of rotatable bonds is 3. The highest BCUT2D eigenvalue weighted by atomic mass is 35.5. The Bertz CT molecular complexity index is 902. The first-order valence-corrected chi connectivity index (χ1v) is 10.0. The third-order valence-electron chi connectivity index (χ3n) is 5.64. The Hall–Kier alpha value is -2.64. The number of halogens is 2. The molecule has 4 rings (SSSR count). The average Bonchev–Trinajstić information content (AvgIpc) is 2.76. The molecular weight excluding hydrogens is 407 g/mol. The Morgan fingerprint density at radius 2 is 1.77 bits per heavy atom. The van der Waals surface area contributed by atoms with E-state index in [2.05, 4.69) is 16.0 Å². The third kappa shape index (κ3) is 4.91. The van der Waals surface area contributed by atoms with Crippen LogP contribution in [0.2, 0.25) is 0 Å². The number of fused-ring (bicyclic) bond motifs is 1. The van der Waals surface area contributed by atoms with Crippen LogP contribution in [0.3, 0.4) is 0 Å². The summed E-state index contributed by atoms with van der Waals surface area (Å²) in [5.74, 6) is -0.731. The second-order valence-electron chi connectivity index (χ2n) is 7.54. The summed E-state index contributed by atoms with van der Waals surface area (Å²) in [5, 5.41) is 8.84. The summed E-state index contributed by atoms with van der Waals surface area (Å²) in [6.07, 6.45) is 1.74. The molecule has 3 amide bonds. The molecule has 0 aromatic heterocycles. The maximum atomic E-state index is 14.8. The van der Waals surface area contributed by atoms with Crippen LogP contribution < -0.4 is 16.0 Å². The lowest BCUT2D eigenvalue weighted by Gasteiger charge is -2.31. The van der Waals surface area contributed by atoms with E-state index in [-0.39, 0.29) is 41.8 Å². The quantitative estimate of drug-likeness (QED) is 0.691. The standard InChI is InChI=1S/C22H25FN4O2.ClH/c23-20-18-8-11-24-14-16(18)6-7-19(20)26-21(28)15-9-12-27(13-10-15)22(29)25-17-4-2-1-3-5-17;/h1-7,15,24H,8-14H2,(H,25,29)(H,26,28);1H. The Morgan fingerprint density at radius 1 is 1.03 bits per heavy atom. The molecule has 3 N–H and O–H groups in total. The molecule has 0 bridgehead atoms. The third-order valence-corrected chi connectivity index (χ3v) is 5.64. The molecule has 30 heavy (non-hydrogen) atoms. The van der Waals surface area contributed by atoms with Crippen LogP contribution in [0.15, 0.2) is 42.5 Å². The average molecular weight is 433 g/mol. The summed E-state index contributed by atoms with van der Waals surface area (Å²) >= 11 is 0. The van der Waals surface area contributed by atoms with E-state index in [1.54, 1.807) is 11.0 Å². The summed E-state index contributed by atoms with van der Waals surface area (Å²) < 4.78 is 14.8. The highest BCUT2D eigenvalue weighted by molar-refractivity contribution is 5.93. The first-order valence-electron chi connectivity index (χ1n) is 10.0. The van der Waals surface area contributed by atoms with Crippen molar-refractivity contribution in [1.29, 1.82) is 0 Å². The Balaban J connectivity index is 0.00000256. The summed E-state index contributed by atoms with van der Waals surface area (Å²) in [5.41, 5.74) is 2.63. The molecular formula is C22H26ClFN4O2. The van der Waals surface area contributed by atoms with E-state index in [1.165, 1.54) is 0 Å². The number of likely N-dealkylation sites (tertiary alicyclic amines) is 1. The summed E-state index contributed by atoms with van der Waals surface area (Å²) in [6.45, 7) is 2.39. The zero-order valence-electron chi connectivity index (χ0n) is 16.6. The number of hydrogen-bond acceptors (Lipinski definition) is 3. The lowest BCUT2D eigenvalue weighted by atomic mass is 9.95. The van der Waals surface area contributed by atoms with E-state index in [4.69, 9.17) is 0 Å². The number of para-hydroxylation sites is 1. The van der Waals surface area contributed by atoms with E-state index in [0.717, 1.165) is 17.8 Å². The second-order valence-corrected chi connectivity index (χ2v) is 7.54. The van der Waals surface area contributed by atoms with Gasteiger partial charge in [0.15, 0.2) is 0 Å². The SMILES string of the molecule is Cl.O=C(Nc1ccc2c(c1F)CCNC2)C1CCN(C(=O)Nc2ccccc2)CC1. The van der Waals surface area contributed by atoms with Gasteiger partial charge in [0.25, 0.3) is 0 Å². The van der Waals surface area contributed by atoms with Gasteiger partial charge in [-0.2, -0.15) is 0 Å². The molecule has 2 aliphatic rings.